The van der Waals surface area contributed by atoms with Crippen LogP contribution in [0.1, 0.15) is 38.3 Å². The summed E-state index contributed by atoms with van der Waals surface area (Å²) in [6, 6.07) is 5.83. The molecule has 118 valence electrons. The van der Waals surface area contributed by atoms with Gasteiger partial charge in [-0.15, -0.1) is 0 Å². The third kappa shape index (κ3) is 4.57. The van der Waals surface area contributed by atoms with Crippen LogP contribution in [-0.4, -0.2) is 30.5 Å². The number of ether oxygens (including phenoxy) is 1. The second-order valence-corrected chi connectivity index (χ2v) is 6.93. The fourth-order valence-electron chi connectivity index (χ4n) is 2.67. The van der Waals surface area contributed by atoms with Gasteiger partial charge in [0.15, 0.2) is 0 Å². The van der Waals surface area contributed by atoms with Crippen molar-refractivity contribution < 1.29 is 9.84 Å². The number of rotatable bonds is 5. The summed E-state index contributed by atoms with van der Waals surface area (Å²) in [5.41, 5.74) is 0.414. The van der Waals surface area contributed by atoms with Crippen LogP contribution in [0.15, 0.2) is 18.2 Å². The number of hydrogen-bond donors (Lipinski definition) is 2. The summed E-state index contributed by atoms with van der Waals surface area (Å²) in [6.45, 7) is 6.09. The quantitative estimate of drug-likeness (QED) is 0.861. The normalized spacial score (nSPS) is 19.7. The van der Waals surface area contributed by atoms with Gasteiger partial charge in [0, 0.05) is 38.6 Å². The lowest BCUT2D eigenvalue weighted by atomic mass is 9.91. The summed E-state index contributed by atoms with van der Waals surface area (Å²) in [7, 11) is 0. The van der Waals surface area contributed by atoms with Gasteiger partial charge in [0.05, 0.1) is 15.6 Å². The number of aliphatic hydroxyl groups is 1. The monoisotopic (exact) mass is 331 g/mol. The van der Waals surface area contributed by atoms with E-state index in [2.05, 4.69) is 19.2 Å². The highest BCUT2D eigenvalue weighted by Gasteiger charge is 2.31. The molecule has 1 aromatic rings. The van der Waals surface area contributed by atoms with Gasteiger partial charge in [-0.2, -0.15) is 0 Å². The van der Waals surface area contributed by atoms with Crippen LogP contribution >= 0.6 is 23.2 Å². The molecule has 1 unspecified atom stereocenters. The lowest BCUT2D eigenvalue weighted by molar-refractivity contribution is -0.0633. The number of benzene rings is 1. The van der Waals surface area contributed by atoms with E-state index >= 15 is 0 Å². The Labute approximate surface area is 136 Å². The maximum absolute atomic E-state index is 10.6. The molecule has 0 saturated carbocycles. The van der Waals surface area contributed by atoms with Crippen molar-refractivity contribution in [2.24, 2.45) is 5.92 Å². The largest absolute Gasteiger partial charge is 0.388 e. The number of halogens is 2. The Kier molecular flexibility index (Phi) is 5.92. The third-order valence-electron chi connectivity index (χ3n) is 4.04. The Morgan fingerprint density at radius 3 is 2.48 bits per heavy atom. The molecule has 0 aromatic heterocycles. The van der Waals surface area contributed by atoms with E-state index < -0.39 is 5.60 Å². The highest BCUT2D eigenvalue weighted by molar-refractivity contribution is 6.42. The number of nitrogens with one attached hydrogen (secondary N) is 1. The molecular formula is C16H23Cl2NO2. The molecule has 1 aliphatic heterocycles. The lowest BCUT2D eigenvalue weighted by Gasteiger charge is -2.35. The molecular weight excluding hydrogens is 309 g/mol. The first-order valence-corrected chi connectivity index (χ1v) is 8.15. The fourth-order valence-corrected chi connectivity index (χ4v) is 2.98. The van der Waals surface area contributed by atoms with Gasteiger partial charge in [0.1, 0.15) is 0 Å². The molecule has 0 bridgehead atoms. The van der Waals surface area contributed by atoms with E-state index in [9.17, 15) is 5.11 Å². The molecule has 0 amide bonds. The molecule has 0 aliphatic carbocycles. The average Bonchev–Trinajstić information content (AvgIpc) is 2.43. The van der Waals surface area contributed by atoms with Gasteiger partial charge in [-0.3, -0.25) is 0 Å². The van der Waals surface area contributed by atoms with E-state index in [1.807, 2.05) is 18.2 Å². The van der Waals surface area contributed by atoms with Crippen molar-refractivity contribution in [3.8, 4) is 0 Å². The predicted octanol–water partition coefficient (Wildman–Crippen LogP) is 3.82. The van der Waals surface area contributed by atoms with Crippen LogP contribution < -0.4 is 5.32 Å². The van der Waals surface area contributed by atoms with Gasteiger partial charge >= 0.3 is 0 Å². The molecule has 3 nitrogen and oxygen atoms in total. The lowest BCUT2D eigenvalue weighted by Crippen LogP contribution is -2.46. The van der Waals surface area contributed by atoms with Gasteiger partial charge in [0.25, 0.3) is 0 Å². The van der Waals surface area contributed by atoms with E-state index in [1.165, 1.54) is 0 Å². The van der Waals surface area contributed by atoms with Crippen molar-refractivity contribution in [1.29, 1.82) is 0 Å². The topological polar surface area (TPSA) is 41.5 Å². The van der Waals surface area contributed by atoms with Gasteiger partial charge in [-0.1, -0.05) is 43.1 Å². The zero-order valence-corrected chi connectivity index (χ0v) is 14.0. The molecule has 0 radical (unpaired) electrons. The Bertz CT molecular complexity index is 473. The highest BCUT2D eigenvalue weighted by Crippen LogP contribution is 2.30. The summed E-state index contributed by atoms with van der Waals surface area (Å²) in [5.74, 6) is 0.380. The minimum atomic E-state index is -0.679. The summed E-state index contributed by atoms with van der Waals surface area (Å²) < 4.78 is 5.31. The van der Waals surface area contributed by atoms with Crippen LogP contribution in [0.2, 0.25) is 10.0 Å². The minimum Gasteiger partial charge on any atom is -0.388 e. The van der Waals surface area contributed by atoms with E-state index in [-0.39, 0.29) is 6.04 Å². The van der Waals surface area contributed by atoms with Crippen molar-refractivity contribution in [3.63, 3.8) is 0 Å². The third-order valence-corrected chi connectivity index (χ3v) is 4.78. The Balaban J connectivity index is 2.06. The van der Waals surface area contributed by atoms with Gasteiger partial charge in [0.2, 0.25) is 0 Å². The van der Waals surface area contributed by atoms with Crippen LogP contribution in [0.25, 0.3) is 0 Å². The Morgan fingerprint density at radius 1 is 1.24 bits per heavy atom. The fraction of sp³-hybridized carbons (Fsp3) is 0.625. The molecule has 1 saturated heterocycles. The second-order valence-electron chi connectivity index (χ2n) is 6.11. The van der Waals surface area contributed by atoms with E-state index in [4.69, 9.17) is 27.9 Å². The molecule has 0 spiro atoms. The first kappa shape index (κ1) is 17.0. The van der Waals surface area contributed by atoms with E-state index in [0.717, 1.165) is 5.56 Å². The minimum absolute atomic E-state index is 0.131. The maximum Gasteiger partial charge on any atom is 0.0815 e. The van der Waals surface area contributed by atoms with E-state index in [1.54, 1.807) is 0 Å². The first-order valence-electron chi connectivity index (χ1n) is 7.40. The van der Waals surface area contributed by atoms with Crippen molar-refractivity contribution in [2.45, 2.75) is 38.3 Å². The van der Waals surface area contributed by atoms with Crippen LogP contribution in [0.5, 0.6) is 0 Å². The van der Waals surface area contributed by atoms with Crippen LogP contribution in [0.3, 0.4) is 0 Å². The molecule has 1 aliphatic rings. The highest BCUT2D eigenvalue weighted by atomic mass is 35.5. The molecule has 5 heteroatoms. The van der Waals surface area contributed by atoms with Crippen molar-refractivity contribution in [3.05, 3.63) is 33.8 Å². The predicted molar refractivity (Wildman–Crippen MR) is 87.0 cm³/mol. The molecule has 21 heavy (non-hydrogen) atoms. The second kappa shape index (κ2) is 7.30. The summed E-state index contributed by atoms with van der Waals surface area (Å²) >= 11 is 12.1. The maximum atomic E-state index is 10.6. The van der Waals surface area contributed by atoms with Crippen molar-refractivity contribution in [1.82, 2.24) is 5.32 Å². The molecule has 1 atom stereocenters. The SMILES string of the molecule is CC(C)C(NCC1(O)CCOCC1)c1ccc(Cl)c(Cl)c1. The first-order chi connectivity index (χ1) is 9.91. The van der Waals surface area contributed by atoms with Gasteiger partial charge < -0.3 is 15.2 Å². The van der Waals surface area contributed by atoms with Gasteiger partial charge in [-0.05, 0) is 23.6 Å². The van der Waals surface area contributed by atoms with Crippen molar-refractivity contribution >= 4 is 23.2 Å². The zero-order valence-electron chi connectivity index (χ0n) is 12.5. The summed E-state index contributed by atoms with van der Waals surface area (Å²) in [4.78, 5) is 0. The average molecular weight is 332 g/mol. The standard InChI is InChI=1S/C16H23Cl2NO2/c1-11(2)15(12-3-4-13(17)14(18)9-12)19-10-16(20)5-7-21-8-6-16/h3-4,9,11,15,19-20H,5-8,10H2,1-2H3. The molecule has 2 N–H and O–H groups in total. The molecule has 2 rings (SSSR count). The molecule has 1 fully saturated rings. The zero-order chi connectivity index (χ0) is 15.5. The Hall–Kier alpha value is -0.320. The smallest absolute Gasteiger partial charge is 0.0815 e. The van der Waals surface area contributed by atoms with E-state index in [0.29, 0.717) is 48.6 Å². The number of hydrogen-bond acceptors (Lipinski definition) is 3. The van der Waals surface area contributed by atoms with Crippen LogP contribution in [-0.2, 0) is 4.74 Å². The summed E-state index contributed by atoms with van der Waals surface area (Å²) in [5, 5.41) is 15.2. The van der Waals surface area contributed by atoms with Crippen LogP contribution in [0, 0.1) is 5.92 Å². The molecule has 1 aromatic carbocycles. The molecule has 1 heterocycles. The van der Waals surface area contributed by atoms with Crippen LogP contribution in [0.4, 0.5) is 0 Å². The van der Waals surface area contributed by atoms with Gasteiger partial charge in [-0.25, -0.2) is 0 Å². The summed E-state index contributed by atoms with van der Waals surface area (Å²) in [6.07, 6.45) is 1.35. The Morgan fingerprint density at radius 2 is 1.90 bits per heavy atom. The van der Waals surface area contributed by atoms with Crippen molar-refractivity contribution in [2.75, 3.05) is 19.8 Å².